The third-order valence-corrected chi connectivity index (χ3v) is 3.55. The summed E-state index contributed by atoms with van der Waals surface area (Å²) in [7, 11) is 1.87. The molecule has 0 N–H and O–H groups in total. The van der Waals surface area contributed by atoms with E-state index < -0.39 is 0 Å². The van der Waals surface area contributed by atoms with E-state index in [4.69, 9.17) is 0 Å². The van der Waals surface area contributed by atoms with Crippen LogP contribution in [0.15, 0.2) is 35.9 Å². The number of aldehydes is 1. The highest BCUT2D eigenvalue weighted by atomic mass is 32.2. The Morgan fingerprint density at radius 3 is 2.86 bits per heavy atom. The highest BCUT2D eigenvalue weighted by molar-refractivity contribution is 7.98. The third-order valence-electron chi connectivity index (χ3n) is 3.00. The fourth-order valence-corrected chi connectivity index (χ4v) is 2.27. The lowest BCUT2D eigenvalue weighted by Crippen LogP contribution is -2.17. The standard InChI is InChI=1S/C13H12N6OS/c1-18(10-4-3-5-14-7-10)13-17-12(21-2)16-11-9(8-20)6-15-19(11)13/h3-8H,1-2H3. The molecule has 3 heterocycles. The minimum Gasteiger partial charge on any atom is -0.312 e. The van der Waals surface area contributed by atoms with Gasteiger partial charge in [-0.15, -0.1) is 0 Å². The number of anilines is 2. The Balaban J connectivity index is 2.21. The summed E-state index contributed by atoms with van der Waals surface area (Å²) in [6.45, 7) is 0. The zero-order valence-corrected chi connectivity index (χ0v) is 12.3. The molecule has 0 spiro atoms. The van der Waals surface area contributed by atoms with Gasteiger partial charge in [-0.3, -0.25) is 9.78 Å². The lowest BCUT2D eigenvalue weighted by Gasteiger charge is -2.18. The van der Waals surface area contributed by atoms with Crippen molar-refractivity contribution in [3.63, 3.8) is 0 Å². The highest BCUT2D eigenvalue weighted by Gasteiger charge is 2.16. The second-order valence-electron chi connectivity index (χ2n) is 4.23. The van der Waals surface area contributed by atoms with Gasteiger partial charge < -0.3 is 4.90 Å². The fraction of sp³-hybridized carbons (Fsp3) is 0.154. The van der Waals surface area contributed by atoms with Crippen LogP contribution in [0.5, 0.6) is 0 Å². The first-order chi connectivity index (χ1) is 10.2. The van der Waals surface area contributed by atoms with Gasteiger partial charge in [0.05, 0.1) is 23.6 Å². The Kier molecular flexibility index (Phi) is 3.53. The van der Waals surface area contributed by atoms with Crippen molar-refractivity contribution >= 4 is 35.3 Å². The van der Waals surface area contributed by atoms with Crippen molar-refractivity contribution in [1.29, 1.82) is 0 Å². The molecule has 0 aromatic carbocycles. The van der Waals surface area contributed by atoms with Gasteiger partial charge in [-0.1, -0.05) is 11.8 Å². The summed E-state index contributed by atoms with van der Waals surface area (Å²) in [5.74, 6) is 0.574. The van der Waals surface area contributed by atoms with Gasteiger partial charge >= 0.3 is 0 Å². The number of carbonyl (C=O) groups excluding carboxylic acids is 1. The van der Waals surface area contributed by atoms with E-state index in [2.05, 4.69) is 20.1 Å². The van der Waals surface area contributed by atoms with Crippen molar-refractivity contribution in [2.24, 2.45) is 0 Å². The van der Waals surface area contributed by atoms with Gasteiger partial charge in [0.1, 0.15) is 0 Å². The Hall–Kier alpha value is -2.48. The maximum atomic E-state index is 11.1. The monoisotopic (exact) mass is 300 g/mol. The summed E-state index contributed by atoms with van der Waals surface area (Å²) in [5, 5.41) is 4.78. The molecule has 0 saturated carbocycles. The van der Waals surface area contributed by atoms with Crippen molar-refractivity contribution in [2.75, 3.05) is 18.2 Å². The smallest absolute Gasteiger partial charge is 0.235 e. The first kappa shape index (κ1) is 13.5. The number of carbonyl (C=O) groups is 1. The molecule has 0 aliphatic heterocycles. The molecule has 0 amide bonds. The van der Waals surface area contributed by atoms with Gasteiger partial charge in [0.2, 0.25) is 5.95 Å². The Morgan fingerprint density at radius 1 is 1.33 bits per heavy atom. The van der Waals surface area contributed by atoms with Crippen molar-refractivity contribution in [3.8, 4) is 0 Å². The molecule has 0 aliphatic carbocycles. The molecule has 0 fully saturated rings. The number of pyridine rings is 1. The van der Waals surface area contributed by atoms with Crippen LogP contribution in [0, 0.1) is 0 Å². The molecule has 3 aromatic rings. The predicted molar refractivity (Wildman–Crippen MR) is 80.3 cm³/mol. The summed E-state index contributed by atoms with van der Waals surface area (Å²) in [4.78, 5) is 25.9. The van der Waals surface area contributed by atoms with E-state index in [1.54, 1.807) is 16.9 Å². The van der Waals surface area contributed by atoms with E-state index in [1.807, 2.05) is 30.3 Å². The van der Waals surface area contributed by atoms with Crippen molar-refractivity contribution in [3.05, 3.63) is 36.3 Å². The molecule has 0 atom stereocenters. The Morgan fingerprint density at radius 2 is 2.19 bits per heavy atom. The average molecular weight is 300 g/mol. The molecule has 8 heteroatoms. The van der Waals surface area contributed by atoms with Crippen LogP contribution in [0.3, 0.4) is 0 Å². The van der Waals surface area contributed by atoms with Crippen LogP contribution in [0.2, 0.25) is 0 Å². The van der Waals surface area contributed by atoms with Gasteiger partial charge in [-0.25, -0.2) is 4.98 Å². The average Bonchev–Trinajstić information content (AvgIpc) is 2.97. The number of hydrogen-bond donors (Lipinski definition) is 0. The predicted octanol–water partition coefficient (Wildman–Crippen LogP) is 1.82. The van der Waals surface area contributed by atoms with E-state index in [0.29, 0.717) is 22.3 Å². The van der Waals surface area contributed by atoms with E-state index in [9.17, 15) is 4.79 Å². The van der Waals surface area contributed by atoms with Gasteiger partial charge in [0, 0.05) is 13.2 Å². The lowest BCUT2D eigenvalue weighted by atomic mass is 10.4. The molecule has 0 unspecified atom stereocenters. The van der Waals surface area contributed by atoms with Gasteiger partial charge in [0.25, 0.3) is 0 Å². The topological polar surface area (TPSA) is 76.3 Å². The van der Waals surface area contributed by atoms with Crippen LogP contribution < -0.4 is 4.90 Å². The van der Waals surface area contributed by atoms with E-state index in [-0.39, 0.29) is 0 Å². The zero-order chi connectivity index (χ0) is 14.8. The fourth-order valence-electron chi connectivity index (χ4n) is 1.92. The van der Waals surface area contributed by atoms with Crippen LogP contribution in [0.4, 0.5) is 11.6 Å². The molecule has 0 aliphatic rings. The van der Waals surface area contributed by atoms with E-state index in [1.165, 1.54) is 18.0 Å². The summed E-state index contributed by atoms with van der Waals surface area (Å²) >= 11 is 1.41. The molecular formula is C13H12N6OS. The zero-order valence-electron chi connectivity index (χ0n) is 11.5. The van der Waals surface area contributed by atoms with Crippen LogP contribution in [0.25, 0.3) is 5.65 Å². The van der Waals surface area contributed by atoms with Crippen molar-refractivity contribution < 1.29 is 4.79 Å². The van der Waals surface area contributed by atoms with Crippen LogP contribution in [-0.2, 0) is 0 Å². The third kappa shape index (κ3) is 2.33. The molecular weight excluding hydrogens is 288 g/mol. The van der Waals surface area contributed by atoms with Crippen LogP contribution in [-0.4, -0.2) is 44.2 Å². The lowest BCUT2D eigenvalue weighted by molar-refractivity contribution is 0.112. The van der Waals surface area contributed by atoms with Gasteiger partial charge in [-0.05, 0) is 18.4 Å². The normalized spacial score (nSPS) is 10.8. The second kappa shape index (κ2) is 5.49. The number of nitrogens with zero attached hydrogens (tertiary/aromatic N) is 6. The number of fused-ring (bicyclic) bond motifs is 1. The molecule has 0 radical (unpaired) electrons. The summed E-state index contributed by atoms with van der Waals surface area (Å²) in [6, 6.07) is 3.77. The van der Waals surface area contributed by atoms with Crippen LogP contribution >= 0.6 is 11.8 Å². The van der Waals surface area contributed by atoms with E-state index >= 15 is 0 Å². The quantitative estimate of drug-likeness (QED) is 0.537. The Bertz CT molecular complexity index is 788. The van der Waals surface area contributed by atoms with E-state index in [0.717, 1.165) is 12.0 Å². The number of hydrogen-bond acceptors (Lipinski definition) is 7. The number of rotatable bonds is 4. The summed E-state index contributed by atoms with van der Waals surface area (Å²) < 4.78 is 1.55. The first-order valence-corrected chi connectivity index (χ1v) is 7.35. The van der Waals surface area contributed by atoms with Crippen LogP contribution in [0.1, 0.15) is 10.4 Å². The minimum atomic E-state index is 0.438. The van der Waals surface area contributed by atoms with Gasteiger partial charge in [-0.2, -0.15) is 14.6 Å². The molecule has 7 nitrogen and oxygen atoms in total. The molecule has 106 valence electrons. The largest absolute Gasteiger partial charge is 0.312 e. The molecule has 0 saturated heterocycles. The molecule has 0 bridgehead atoms. The maximum Gasteiger partial charge on any atom is 0.235 e. The summed E-state index contributed by atoms with van der Waals surface area (Å²) in [5.41, 5.74) is 1.80. The molecule has 21 heavy (non-hydrogen) atoms. The first-order valence-electron chi connectivity index (χ1n) is 6.13. The SMILES string of the molecule is CSc1nc(N(C)c2cccnc2)n2ncc(C=O)c2n1. The van der Waals surface area contributed by atoms with Gasteiger partial charge in [0.15, 0.2) is 17.1 Å². The minimum absolute atomic E-state index is 0.438. The molecule has 3 rings (SSSR count). The maximum absolute atomic E-state index is 11.1. The molecule has 3 aromatic heterocycles. The number of aromatic nitrogens is 5. The highest BCUT2D eigenvalue weighted by Crippen LogP contribution is 2.24. The second-order valence-corrected chi connectivity index (χ2v) is 5.01. The summed E-state index contributed by atoms with van der Waals surface area (Å²) in [6.07, 6.45) is 7.56. The Labute approximate surface area is 125 Å². The number of thioether (sulfide) groups is 1. The van der Waals surface area contributed by atoms with Crippen molar-refractivity contribution in [2.45, 2.75) is 5.16 Å². The van der Waals surface area contributed by atoms with Crippen molar-refractivity contribution in [1.82, 2.24) is 24.6 Å².